The highest BCUT2D eigenvalue weighted by atomic mass is 16.3. The molecule has 0 aliphatic carbocycles. The zero-order chi connectivity index (χ0) is 24.7. The number of nitrogens with one attached hydrogen (secondary N) is 2. The Morgan fingerprint density at radius 1 is 1.12 bits per heavy atom. The van der Waals surface area contributed by atoms with E-state index in [-0.39, 0.29) is 24.6 Å². The first-order chi connectivity index (χ1) is 16.3. The lowest BCUT2D eigenvalue weighted by molar-refractivity contribution is 0.248. The maximum atomic E-state index is 9.75. The van der Waals surface area contributed by atoms with Gasteiger partial charge in [-0.25, -0.2) is 4.98 Å². The molecule has 7 nitrogen and oxygen atoms in total. The van der Waals surface area contributed by atoms with Crippen LogP contribution in [0, 0.1) is 5.92 Å². The van der Waals surface area contributed by atoms with Gasteiger partial charge in [0.05, 0.1) is 19.0 Å². The van der Waals surface area contributed by atoms with Crippen LogP contribution in [0.5, 0.6) is 0 Å². The largest absolute Gasteiger partial charge is 0.394 e. The smallest absolute Gasteiger partial charge is 0.227 e. The topological polar surface area (TPSA) is 87.9 Å². The van der Waals surface area contributed by atoms with Crippen molar-refractivity contribution in [2.24, 2.45) is 5.92 Å². The molecule has 0 aliphatic rings. The Labute approximate surface area is 202 Å². The highest BCUT2D eigenvalue weighted by molar-refractivity contribution is 5.84. The lowest BCUT2D eigenvalue weighted by Crippen LogP contribution is -2.30. The summed E-state index contributed by atoms with van der Waals surface area (Å²) in [6.07, 6.45) is 9.54. The first kappa shape index (κ1) is 25.2. The predicted octanol–water partition coefficient (Wildman–Crippen LogP) is 5.59. The SMILES string of the molecule is C=C/C=C\C=C(/C)c1ccc(CNc2nc(N[C@@H](CO)C(C)C)nc3c2ncn3C(C)C)cc1. The quantitative estimate of drug-likeness (QED) is 0.323. The minimum Gasteiger partial charge on any atom is -0.394 e. The lowest BCUT2D eigenvalue weighted by Gasteiger charge is -2.20. The molecule has 3 aromatic rings. The molecule has 3 rings (SSSR count). The molecule has 0 aliphatic heterocycles. The number of hydrogen-bond donors (Lipinski definition) is 3. The summed E-state index contributed by atoms with van der Waals surface area (Å²) in [7, 11) is 0. The summed E-state index contributed by atoms with van der Waals surface area (Å²) in [5.74, 6) is 1.38. The van der Waals surface area contributed by atoms with Gasteiger partial charge in [0.15, 0.2) is 17.0 Å². The van der Waals surface area contributed by atoms with E-state index in [1.807, 2.05) is 16.7 Å². The molecule has 3 N–H and O–H groups in total. The second-order valence-electron chi connectivity index (χ2n) is 9.01. The predicted molar refractivity (Wildman–Crippen MR) is 142 cm³/mol. The highest BCUT2D eigenvalue weighted by Crippen LogP contribution is 2.25. The van der Waals surface area contributed by atoms with Crippen molar-refractivity contribution in [3.63, 3.8) is 0 Å². The van der Waals surface area contributed by atoms with Crippen LogP contribution in [0.3, 0.4) is 0 Å². The van der Waals surface area contributed by atoms with E-state index in [9.17, 15) is 5.11 Å². The van der Waals surface area contributed by atoms with Gasteiger partial charge >= 0.3 is 0 Å². The number of nitrogens with zero attached hydrogens (tertiary/aromatic N) is 4. The summed E-state index contributed by atoms with van der Waals surface area (Å²) in [5, 5.41) is 16.5. The van der Waals surface area contributed by atoms with E-state index in [2.05, 4.69) is 87.2 Å². The summed E-state index contributed by atoms with van der Waals surface area (Å²) < 4.78 is 2.03. The maximum Gasteiger partial charge on any atom is 0.227 e. The summed E-state index contributed by atoms with van der Waals surface area (Å²) in [5.41, 5.74) is 4.99. The zero-order valence-electron chi connectivity index (χ0n) is 20.8. The zero-order valence-corrected chi connectivity index (χ0v) is 20.8. The number of allylic oxidation sites excluding steroid dienone is 5. The number of aromatic nitrogens is 4. The molecule has 2 aromatic heterocycles. The van der Waals surface area contributed by atoms with Gasteiger partial charge in [-0.2, -0.15) is 9.97 Å². The van der Waals surface area contributed by atoms with Crippen molar-refractivity contribution in [2.75, 3.05) is 17.2 Å². The summed E-state index contributed by atoms with van der Waals surface area (Å²) >= 11 is 0. The lowest BCUT2D eigenvalue weighted by atomic mass is 10.0. The molecule has 2 heterocycles. The Morgan fingerprint density at radius 3 is 2.47 bits per heavy atom. The van der Waals surface area contributed by atoms with Gasteiger partial charge in [-0.3, -0.25) is 0 Å². The van der Waals surface area contributed by atoms with Crippen molar-refractivity contribution in [3.8, 4) is 0 Å². The van der Waals surface area contributed by atoms with E-state index in [0.29, 0.717) is 18.3 Å². The third-order valence-electron chi connectivity index (χ3n) is 5.76. The molecule has 180 valence electrons. The number of benzene rings is 1. The maximum absolute atomic E-state index is 9.75. The van der Waals surface area contributed by atoms with E-state index < -0.39 is 0 Å². The minimum atomic E-state index is -0.133. The Bertz CT molecular complexity index is 1160. The van der Waals surface area contributed by atoms with Crippen LogP contribution >= 0.6 is 0 Å². The molecule has 0 amide bonds. The van der Waals surface area contributed by atoms with E-state index in [1.165, 1.54) is 11.1 Å². The fraction of sp³-hybridized carbons (Fsp3) is 0.370. The van der Waals surface area contributed by atoms with Crippen LogP contribution in [0.15, 0.2) is 61.5 Å². The minimum absolute atomic E-state index is 0.00879. The van der Waals surface area contributed by atoms with Crippen molar-refractivity contribution >= 4 is 28.5 Å². The van der Waals surface area contributed by atoms with Crippen LogP contribution < -0.4 is 10.6 Å². The van der Waals surface area contributed by atoms with Gasteiger partial charge in [0.2, 0.25) is 5.95 Å². The second kappa shape index (κ2) is 11.6. The molecule has 0 unspecified atom stereocenters. The third kappa shape index (κ3) is 6.11. The average molecular weight is 461 g/mol. The van der Waals surface area contributed by atoms with E-state index in [0.717, 1.165) is 16.7 Å². The first-order valence-corrected chi connectivity index (χ1v) is 11.7. The van der Waals surface area contributed by atoms with Gasteiger partial charge in [-0.05, 0) is 43.4 Å². The first-order valence-electron chi connectivity index (χ1n) is 11.7. The number of hydrogen-bond acceptors (Lipinski definition) is 6. The molecular weight excluding hydrogens is 424 g/mol. The van der Waals surface area contributed by atoms with Gasteiger partial charge in [-0.1, -0.05) is 69.0 Å². The molecule has 0 saturated carbocycles. The molecule has 0 fully saturated rings. The van der Waals surface area contributed by atoms with Crippen LogP contribution in [0.25, 0.3) is 16.7 Å². The van der Waals surface area contributed by atoms with Crippen molar-refractivity contribution in [2.45, 2.75) is 53.2 Å². The molecule has 0 bridgehead atoms. The Morgan fingerprint density at radius 2 is 1.85 bits per heavy atom. The fourth-order valence-corrected chi connectivity index (χ4v) is 3.52. The highest BCUT2D eigenvalue weighted by Gasteiger charge is 2.18. The van der Waals surface area contributed by atoms with E-state index in [1.54, 1.807) is 12.4 Å². The van der Waals surface area contributed by atoms with Gasteiger partial charge in [0, 0.05) is 12.6 Å². The Hall–Kier alpha value is -3.45. The molecule has 1 aromatic carbocycles. The van der Waals surface area contributed by atoms with Crippen LogP contribution in [0.2, 0.25) is 0 Å². The summed E-state index contributed by atoms with van der Waals surface area (Å²) in [6.45, 7) is 14.7. The van der Waals surface area contributed by atoms with E-state index in [4.69, 9.17) is 9.97 Å². The fourth-order valence-electron chi connectivity index (χ4n) is 3.52. The third-order valence-corrected chi connectivity index (χ3v) is 5.76. The summed E-state index contributed by atoms with van der Waals surface area (Å²) in [4.78, 5) is 14.0. The number of fused-ring (bicyclic) bond motifs is 1. The van der Waals surface area contributed by atoms with Crippen LogP contribution in [-0.2, 0) is 6.54 Å². The van der Waals surface area contributed by atoms with Crippen molar-refractivity contribution < 1.29 is 5.11 Å². The monoisotopic (exact) mass is 460 g/mol. The standard InChI is InChI=1S/C27H36N6O/c1-7-8-9-10-20(6)22-13-11-21(12-14-22)15-28-25-24-26(33(17-29-24)19(4)5)32-27(31-25)30-23(16-34)18(2)3/h7-14,17-19,23,34H,1,15-16H2,2-6H3,(H2,28,30,31,32)/b9-8-,20-10+/t23-/m0/s1. The molecule has 0 spiro atoms. The molecule has 34 heavy (non-hydrogen) atoms. The normalized spacial score (nSPS) is 13.2. The Balaban J connectivity index is 1.85. The van der Waals surface area contributed by atoms with Gasteiger partial charge in [0.25, 0.3) is 0 Å². The average Bonchev–Trinajstić information content (AvgIpc) is 3.25. The van der Waals surface area contributed by atoms with Gasteiger partial charge < -0.3 is 20.3 Å². The van der Waals surface area contributed by atoms with Crippen LogP contribution in [0.1, 0.15) is 51.8 Å². The van der Waals surface area contributed by atoms with Crippen LogP contribution in [-0.4, -0.2) is 37.3 Å². The number of aliphatic hydroxyl groups excluding tert-OH is 1. The van der Waals surface area contributed by atoms with Gasteiger partial charge in [-0.15, -0.1) is 0 Å². The molecule has 7 heteroatoms. The molecular formula is C27H36N6O. The molecule has 1 atom stereocenters. The Kier molecular flexibility index (Phi) is 8.60. The van der Waals surface area contributed by atoms with Crippen molar-refractivity contribution in [1.82, 2.24) is 19.5 Å². The van der Waals surface area contributed by atoms with Gasteiger partial charge in [0.1, 0.15) is 0 Å². The molecule has 0 radical (unpaired) electrons. The van der Waals surface area contributed by atoms with E-state index >= 15 is 0 Å². The number of imidazole rings is 1. The summed E-state index contributed by atoms with van der Waals surface area (Å²) in [6, 6.07) is 8.54. The van der Waals surface area contributed by atoms with Crippen LogP contribution in [0.4, 0.5) is 11.8 Å². The van der Waals surface area contributed by atoms with Crippen molar-refractivity contribution in [3.05, 3.63) is 72.6 Å². The number of aliphatic hydroxyl groups is 1. The number of rotatable bonds is 11. The second-order valence-corrected chi connectivity index (χ2v) is 9.01. The molecule has 0 saturated heterocycles. The van der Waals surface area contributed by atoms with Crippen molar-refractivity contribution in [1.29, 1.82) is 0 Å². The number of anilines is 2.